The maximum Gasteiger partial charge on any atom is 0.228 e. The third-order valence-corrected chi connectivity index (χ3v) is 4.37. The number of rotatable bonds is 8. The van der Waals surface area contributed by atoms with Crippen molar-refractivity contribution in [3.63, 3.8) is 0 Å². The lowest BCUT2D eigenvalue weighted by molar-refractivity contribution is -0.118. The van der Waals surface area contributed by atoms with Crippen molar-refractivity contribution in [2.45, 2.75) is 19.8 Å². The summed E-state index contributed by atoms with van der Waals surface area (Å²) in [7, 11) is 0. The molecule has 0 aromatic heterocycles. The van der Waals surface area contributed by atoms with Gasteiger partial charge in [-0.3, -0.25) is 4.79 Å². The largest absolute Gasteiger partial charge is 0.316 e. The number of anilines is 1. The van der Waals surface area contributed by atoms with Crippen LogP contribution in [0.4, 0.5) is 5.69 Å². The third kappa shape index (κ3) is 5.52. The van der Waals surface area contributed by atoms with E-state index in [0.717, 1.165) is 24.2 Å². The standard InChI is InChI=1S/C19H22Cl2N2O/c1-2-23(17-6-4-3-5-7-17)19(24)11-13-22-12-10-15-8-9-16(20)14-18(15)21/h3-9,14,22H,2,10-13H2,1H3. The van der Waals surface area contributed by atoms with Crippen LogP contribution >= 0.6 is 23.2 Å². The zero-order chi connectivity index (χ0) is 17.4. The quantitative estimate of drug-likeness (QED) is 0.695. The lowest BCUT2D eigenvalue weighted by Crippen LogP contribution is -2.33. The molecule has 0 saturated carbocycles. The number of carbonyl (C=O) groups excluding carboxylic acids is 1. The topological polar surface area (TPSA) is 32.3 Å². The first kappa shape index (κ1) is 18.8. The molecule has 0 saturated heterocycles. The number of benzene rings is 2. The first-order valence-electron chi connectivity index (χ1n) is 8.12. The first-order chi connectivity index (χ1) is 11.6. The molecule has 0 fully saturated rings. The second-order valence-electron chi connectivity index (χ2n) is 5.46. The van der Waals surface area contributed by atoms with Gasteiger partial charge >= 0.3 is 0 Å². The molecule has 1 amide bonds. The summed E-state index contributed by atoms with van der Waals surface area (Å²) in [5, 5.41) is 4.62. The Morgan fingerprint density at radius 3 is 2.50 bits per heavy atom. The van der Waals surface area contributed by atoms with Crippen LogP contribution in [-0.4, -0.2) is 25.5 Å². The molecule has 3 nitrogen and oxygen atoms in total. The van der Waals surface area contributed by atoms with Crippen molar-refractivity contribution in [2.75, 3.05) is 24.5 Å². The summed E-state index contributed by atoms with van der Waals surface area (Å²) in [6.45, 7) is 4.07. The van der Waals surface area contributed by atoms with Crippen molar-refractivity contribution in [3.8, 4) is 0 Å². The fraction of sp³-hybridized carbons (Fsp3) is 0.316. The molecule has 2 aromatic carbocycles. The van der Waals surface area contributed by atoms with Crippen LogP contribution in [-0.2, 0) is 11.2 Å². The van der Waals surface area contributed by atoms with Crippen LogP contribution in [0.5, 0.6) is 0 Å². The van der Waals surface area contributed by atoms with E-state index >= 15 is 0 Å². The molecule has 2 rings (SSSR count). The molecule has 2 aromatic rings. The number of hydrogen-bond acceptors (Lipinski definition) is 2. The van der Waals surface area contributed by atoms with E-state index in [1.54, 1.807) is 11.0 Å². The SMILES string of the molecule is CCN(C(=O)CCNCCc1ccc(Cl)cc1Cl)c1ccccc1. The summed E-state index contributed by atoms with van der Waals surface area (Å²) < 4.78 is 0. The molecule has 128 valence electrons. The van der Waals surface area contributed by atoms with Gasteiger partial charge in [0.2, 0.25) is 5.91 Å². The van der Waals surface area contributed by atoms with E-state index in [2.05, 4.69) is 5.32 Å². The average Bonchev–Trinajstić information content (AvgIpc) is 2.58. The molecule has 0 bridgehead atoms. The zero-order valence-corrected chi connectivity index (χ0v) is 15.3. The number of nitrogens with one attached hydrogen (secondary N) is 1. The van der Waals surface area contributed by atoms with E-state index in [4.69, 9.17) is 23.2 Å². The summed E-state index contributed by atoms with van der Waals surface area (Å²) in [5.41, 5.74) is 2.00. The molecule has 1 N–H and O–H groups in total. The Morgan fingerprint density at radius 2 is 1.83 bits per heavy atom. The van der Waals surface area contributed by atoms with Crippen molar-refractivity contribution < 1.29 is 4.79 Å². The van der Waals surface area contributed by atoms with Crippen molar-refractivity contribution in [2.24, 2.45) is 0 Å². The van der Waals surface area contributed by atoms with E-state index in [1.165, 1.54) is 0 Å². The molecule has 0 radical (unpaired) electrons. The molecule has 0 aliphatic carbocycles. The number of amides is 1. The lowest BCUT2D eigenvalue weighted by Gasteiger charge is -2.21. The van der Waals surface area contributed by atoms with Gasteiger partial charge in [-0.05, 0) is 49.7 Å². The number of carbonyl (C=O) groups is 1. The third-order valence-electron chi connectivity index (χ3n) is 3.79. The predicted octanol–water partition coefficient (Wildman–Crippen LogP) is 4.57. The van der Waals surface area contributed by atoms with Crippen LogP contribution in [0.15, 0.2) is 48.5 Å². The molecule has 5 heteroatoms. The Hall–Kier alpha value is -1.55. The van der Waals surface area contributed by atoms with Gasteiger partial charge < -0.3 is 10.2 Å². The van der Waals surface area contributed by atoms with Gasteiger partial charge in [-0.2, -0.15) is 0 Å². The monoisotopic (exact) mass is 364 g/mol. The number of nitrogens with zero attached hydrogens (tertiary/aromatic N) is 1. The average molecular weight is 365 g/mol. The van der Waals surface area contributed by atoms with Gasteiger partial charge in [-0.15, -0.1) is 0 Å². The molecule has 0 aliphatic rings. The second kappa shape index (κ2) is 9.67. The van der Waals surface area contributed by atoms with E-state index in [-0.39, 0.29) is 5.91 Å². The summed E-state index contributed by atoms with van der Waals surface area (Å²) in [4.78, 5) is 14.2. The number of halogens is 2. The Labute approximate surface area is 153 Å². The fourth-order valence-electron chi connectivity index (χ4n) is 2.51. The number of para-hydroxylation sites is 1. The highest BCUT2D eigenvalue weighted by Gasteiger charge is 2.12. The maximum atomic E-state index is 12.3. The fourth-order valence-corrected chi connectivity index (χ4v) is 3.02. The summed E-state index contributed by atoms with van der Waals surface area (Å²) >= 11 is 12.0. The highest BCUT2D eigenvalue weighted by atomic mass is 35.5. The van der Waals surface area contributed by atoms with Crippen molar-refractivity contribution in [1.82, 2.24) is 5.32 Å². The maximum absolute atomic E-state index is 12.3. The molecule has 0 unspecified atom stereocenters. The summed E-state index contributed by atoms with van der Waals surface area (Å²) in [6.07, 6.45) is 1.28. The smallest absolute Gasteiger partial charge is 0.228 e. The Balaban J connectivity index is 1.74. The van der Waals surface area contributed by atoms with Crippen LogP contribution in [0.25, 0.3) is 0 Å². The van der Waals surface area contributed by atoms with E-state index < -0.39 is 0 Å². The van der Waals surface area contributed by atoms with Crippen molar-refractivity contribution in [3.05, 3.63) is 64.1 Å². The Morgan fingerprint density at radius 1 is 1.08 bits per heavy atom. The number of hydrogen-bond donors (Lipinski definition) is 1. The van der Waals surface area contributed by atoms with Gasteiger partial charge in [0.1, 0.15) is 0 Å². The van der Waals surface area contributed by atoms with Crippen LogP contribution in [0, 0.1) is 0 Å². The van der Waals surface area contributed by atoms with Crippen LogP contribution in [0.3, 0.4) is 0 Å². The minimum Gasteiger partial charge on any atom is -0.316 e. The van der Waals surface area contributed by atoms with Gasteiger partial charge in [-0.25, -0.2) is 0 Å². The molecule has 0 spiro atoms. The normalized spacial score (nSPS) is 10.6. The van der Waals surface area contributed by atoms with Gasteiger partial charge in [0.15, 0.2) is 0 Å². The highest BCUT2D eigenvalue weighted by molar-refractivity contribution is 6.35. The van der Waals surface area contributed by atoms with E-state index in [0.29, 0.717) is 29.6 Å². The molecule has 0 heterocycles. The van der Waals surface area contributed by atoms with Gasteiger partial charge in [0.05, 0.1) is 0 Å². The highest BCUT2D eigenvalue weighted by Crippen LogP contribution is 2.21. The molecule has 0 atom stereocenters. The van der Waals surface area contributed by atoms with Gasteiger partial charge in [-0.1, -0.05) is 47.5 Å². The second-order valence-corrected chi connectivity index (χ2v) is 6.30. The lowest BCUT2D eigenvalue weighted by atomic mass is 10.1. The van der Waals surface area contributed by atoms with Crippen molar-refractivity contribution in [1.29, 1.82) is 0 Å². The Bertz CT molecular complexity index is 662. The zero-order valence-electron chi connectivity index (χ0n) is 13.8. The minimum absolute atomic E-state index is 0.126. The van der Waals surface area contributed by atoms with Crippen molar-refractivity contribution >= 4 is 34.8 Å². The predicted molar refractivity (Wildman–Crippen MR) is 102 cm³/mol. The molecular formula is C19H22Cl2N2O. The summed E-state index contributed by atoms with van der Waals surface area (Å²) in [6, 6.07) is 15.3. The van der Waals surface area contributed by atoms with E-state index in [9.17, 15) is 4.79 Å². The molecule has 24 heavy (non-hydrogen) atoms. The van der Waals surface area contributed by atoms with Crippen LogP contribution < -0.4 is 10.2 Å². The van der Waals surface area contributed by atoms with Gasteiger partial charge in [0.25, 0.3) is 0 Å². The minimum atomic E-state index is 0.126. The van der Waals surface area contributed by atoms with E-state index in [1.807, 2.05) is 49.4 Å². The Kier molecular flexibility index (Phi) is 7.57. The molecule has 0 aliphatic heterocycles. The first-order valence-corrected chi connectivity index (χ1v) is 8.87. The van der Waals surface area contributed by atoms with Crippen LogP contribution in [0.2, 0.25) is 10.0 Å². The van der Waals surface area contributed by atoms with Gasteiger partial charge in [0, 0.05) is 35.2 Å². The van der Waals surface area contributed by atoms with Crippen LogP contribution in [0.1, 0.15) is 18.9 Å². The molecular weight excluding hydrogens is 343 g/mol. The summed E-state index contributed by atoms with van der Waals surface area (Å²) in [5.74, 6) is 0.126.